The first kappa shape index (κ1) is 15.5. The summed E-state index contributed by atoms with van der Waals surface area (Å²) >= 11 is 0. The molecular formula is C18H27N3O. The molecule has 0 bridgehead atoms. The predicted molar refractivity (Wildman–Crippen MR) is 88.8 cm³/mol. The van der Waals surface area contributed by atoms with Gasteiger partial charge in [-0.25, -0.2) is 10.1 Å². The Balaban J connectivity index is 1.74. The summed E-state index contributed by atoms with van der Waals surface area (Å²) in [5, 5.41) is 7.02. The minimum atomic E-state index is 0.0715. The van der Waals surface area contributed by atoms with Gasteiger partial charge >= 0.3 is 0 Å². The summed E-state index contributed by atoms with van der Waals surface area (Å²) < 4.78 is 6.08. The van der Waals surface area contributed by atoms with Crippen LogP contribution in [0.5, 0.6) is 0 Å². The summed E-state index contributed by atoms with van der Waals surface area (Å²) in [4.78, 5) is 0. The normalized spacial score (nSPS) is 24.8. The fourth-order valence-electron chi connectivity index (χ4n) is 3.42. The van der Waals surface area contributed by atoms with Crippen LogP contribution in [0.2, 0.25) is 0 Å². The lowest BCUT2D eigenvalue weighted by atomic mass is 10.0. The van der Waals surface area contributed by atoms with Crippen molar-refractivity contribution in [2.45, 2.75) is 38.3 Å². The van der Waals surface area contributed by atoms with Crippen molar-refractivity contribution in [3.05, 3.63) is 48.2 Å². The van der Waals surface area contributed by atoms with E-state index in [1.54, 1.807) is 0 Å². The molecule has 1 saturated heterocycles. The van der Waals surface area contributed by atoms with Crippen molar-refractivity contribution in [2.24, 2.45) is 0 Å². The van der Waals surface area contributed by atoms with Gasteiger partial charge in [-0.3, -0.25) is 0 Å². The second kappa shape index (κ2) is 7.27. The SMILES string of the molecule is CCOC(c1ccccc1)C1C=CN(N2CCCCC2)N1C. The third kappa shape index (κ3) is 3.19. The van der Waals surface area contributed by atoms with E-state index >= 15 is 0 Å². The van der Waals surface area contributed by atoms with Crippen molar-refractivity contribution in [2.75, 3.05) is 26.7 Å². The molecule has 2 aliphatic rings. The number of likely N-dealkylation sites (N-methyl/N-ethyl adjacent to an activating group) is 1. The van der Waals surface area contributed by atoms with Crippen LogP contribution in [0.1, 0.15) is 37.9 Å². The molecule has 2 aliphatic heterocycles. The number of rotatable bonds is 5. The monoisotopic (exact) mass is 301 g/mol. The topological polar surface area (TPSA) is 19.0 Å². The Hall–Kier alpha value is -1.36. The minimum Gasteiger partial charge on any atom is -0.372 e. The van der Waals surface area contributed by atoms with Gasteiger partial charge in [0.25, 0.3) is 0 Å². The van der Waals surface area contributed by atoms with Crippen molar-refractivity contribution in [1.29, 1.82) is 0 Å². The van der Waals surface area contributed by atoms with E-state index in [1.165, 1.54) is 24.8 Å². The van der Waals surface area contributed by atoms with E-state index in [4.69, 9.17) is 4.74 Å². The van der Waals surface area contributed by atoms with Gasteiger partial charge in [0.15, 0.2) is 0 Å². The van der Waals surface area contributed by atoms with E-state index in [1.807, 2.05) is 0 Å². The van der Waals surface area contributed by atoms with Crippen LogP contribution in [-0.2, 0) is 4.74 Å². The van der Waals surface area contributed by atoms with Gasteiger partial charge < -0.3 is 4.74 Å². The maximum Gasteiger partial charge on any atom is 0.103 e. The molecule has 1 fully saturated rings. The summed E-state index contributed by atoms with van der Waals surface area (Å²) in [6.45, 7) is 5.08. The standard InChI is InChI=1S/C18H27N3O/c1-3-22-18(16-10-6-4-7-11-16)17-12-15-21(19(17)2)20-13-8-5-9-14-20/h4,6-7,10-12,15,17-18H,3,5,8-9,13-14H2,1-2H3. The van der Waals surface area contributed by atoms with E-state index < -0.39 is 0 Å². The molecule has 1 aromatic carbocycles. The second-order valence-electron chi connectivity index (χ2n) is 6.03. The van der Waals surface area contributed by atoms with Gasteiger partial charge in [0.1, 0.15) is 6.10 Å². The van der Waals surface area contributed by atoms with Crippen molar-refractivity contribution < 1.29 is 4.74 Å². The van der Waals surface area contributed by atoms with Gasteiger partial charge in [-0.2, -0.15) is 5.01 Å². The third-order valence-electron chi connectivity index (χ3n) is 4.58. The average Bonchev–Trinajstić information content (AvgIpc) is 2.96. The Labute approximate surface area is 133 Å². The summed E-state index contributed by atoms with van der Waals surface area (Å²) in [5.74, 6) is 0. The maximum absolute atomic E-state index is 6.08. The third-order valence-corrected chi connectivity index (χ3v) is 4.58. The molecule has 0 amide bonds. The number of hydrazine groups is 2. The number of benzene rings is 1. The molecule has 1 aromatic rings. The van der Waals surface area contributed by atoms with Crippen LogP contribution < -0.4 is 0 Å². The molecule has 2 heterocycles. The minimum absolute atomic E-state index is 0.0715. The Morgan fingerprint density at radius 2 is 1.86 bits per heavy atom. The first-order valence-corrected chi connectivity index (χ1v) is 8.43. The Morgan fingerprint density at radius 1 is 1.14 bits per heavy atom. The predicted octanol–water partition coefficient (Wildman–Crippen LogP) is 3.21. The highest BCUT2D eigenvalue weighted by molar-refractivity contribution is 5.22. The van der Waals surface area contributed by atoms with E-state index in [0.717, 1.165) is 19.7 Å². The lowest BCUT2D eigenvalue weighted by Crippen LogP contribution is -2.51. The number of ether oxygens (including phenoxy) is 1. The van der Waals surface area contributed by atoms with Crippen LogP contribution in [-0.4, -0.2) is 47.9 Å². The van der Waals surface area contributed by atoms with Gasteiger partial charge in [0, 0.05) is 32.9 Å². The first-order valence-electron chi connectivity index (χ1n) is 8.43. The molecule has 0 aromatic heterocycles. The van der Waals surface area contributed by atoms with Crippen LogP contribution in [0.25, 0.3) is 0 Å². The molecule has 4 heteroatoms. The summed E-state index contributed by atoms with van der Waals surface area (Å²) in [5.41, 5.74) is 1.24. The Bertz CT molecular complexity index is 484. The van der Waals surface area contributed by atoms with E-state index in [9.17, 15) is 0 Å². The number of hydrogen-bond donors (Lipinski definition) is 0. The fourth-order valence-corrected chi connectivity index (χ4v) is 3.42. The zero-order valence-electron chi connectivity index (χ0n) is 13.7. The highest BCUT2D eigenvalue weighted by atomic mass is 16.5. The fraction of sp³-hybridized carbons (Fsp3) is 0.556. The highest BCUT2D eigenvalue weighted by Crippen LogP contribution is 2.31. The molecule has 0 radical (unpaired) electrons. The van der Waals surface area contributed by atoms with Crippen molar-refractivity contribution in [3.8, 4) is 0 Å². The smallest absolute Gasteiger partial charge is 0.103 e. The zero-order valence-corrected chi connectivity index (χ0v) is 13.7. The van der Waals surface area contributed by atoms with Crippen molar-refractivity contribution in [1.82, 2.24) is 15.1 Å². The summed E-state index contributed by atoms with van der Waals surface area (Å²) in [7, 11) is 2.16. The van der Waals surface area contributed by atoms with Crippen LogP contribution >= 0.6 is 0 Å². The molecule has 2 atom stereocenters. The van der Waals surface area contributed by atoms with Crippen LogP contribution in [0, 0.1) is 0 Å². The van der Waals surface area contributed by atoms with Crippen LogP contribution in [0.3, 0.4) is 0 Å². The number of nitrogens with zero attached hydrogens (tertiary/aromatic N) is 3. The van der Waals surface area contributed by atoms with Crippen LogP contribution in [0.4, 0.5) is 0 Å². The molecule has 4 nitrogen and oxygen atoms in total. The molecule has 3 rings (SSSR count). The molecule has 22 heavy (non-hydrogen) atoms. The Kier molecular flexibility index (Phi) is 5.13. The number of hydrogen-bond acceptors (Lipinski definition) is 4. The van der Waals surface area contributed by atoms with Gasteiger partial charge in [-0.05, 0) is 31.4 Å². The van der Waals surface area contributed by atoms with Gasteiger partial charge in [-0.15, -0.1) is 0 Å². The lowest BCUT2D eigenvalue weighted by Gasteiger charge is -2.41. The summed E-state index contributed by atoms with van der Waals surface area (Å²) in [6, 6.07) is 10.8. The zero-order chi connectivity index (χ0) is 15.4. The first-order chi connectivity index (χ1) is 10.8. The second-order valence-corrected chi connectivity index (χ2v) is 6.03. The average molecular weight is 301 g/mol. The molecule has 2 unspecified atom stereocenters. The van der Waals surface area contributed by atoms with Gasteiger partial charge in [0.05, 0.1) is 6.04 Å². The van der Waals surface area contributed by atoms with Gasteiger partial charge in [0.2, 0.25) is 0 Å². The molecule has 0 saturated carbocycles. The van der Waals surface area contributed by atoms with E-state index in [2.05, 4.69) is 71.7 Å². The van der Waals surface area contributed by atoms with E-state index in [-0.39, 0.29) is 12.1 Å². The summed E-state index contributed by atoms with van der Waals surface area (Å²) in [6.07, 6.45) is 8.47. The number of piperidine rings is 1. The van der Waals surface area contributed by atoms with Crippen molar-refractivity contribution >= 4 is 0 Å². The molecule has 0 N–H and O–H groups in total. The van der Waals surface area contributed by atoms with Gasteiger partial charge in [-0.1, -0.05) is 36.8 Å². The molecule has 0 spiro atoms. The molecule has 0 aliphatic carbocycles. The van der Waals surface area contributed by atoms with E-state index in [0.29, 0.717) is 0 Å². The highest BCUT2D eigenvalue weighted by Gasteiger charge is 2.34. The molecule has 120 valence electrons. The van der Waals surface area contributed by atoms with Crippen molar-refractivity contribution in [3.63, 3.8) is 0 Å². The maximum atomic E-state index is 6.08. The lowest BCUT2D eigenvalue weighted by molar-refractivity contribution is -0.158. The largest absolute Gasteiger partial charge is 0.372 e. The molecular weight excluding hydrogens is 274 g/mol. The van der Waals surface area contributed by atoms with Crippen LogP contribution in [0.15, 0.2) is 42.6 Å². The Morgan fingerprint density at radius 3 is 2.55 bits per heavy atom. The quantitative estimate of drug-likeness (QED) is 0.831.